The minimum Gasteiger partial charge on any atom is -0.302 e. The fourth-order valence-corrected chi connectivity index (χ4v) is 7.72. The number of thioether (sulfide) groups is 2. The average Bonchev–Trinajstić information content (AvgIpc) is 3.72. The number of hydrogen-bond acceptors (Lipinski definition) is 12. The monoisotopic (exact) mass is 654 g/mol. The molecule has 0 unspecified atom stereocenters. The van der Waals surface area contributed by atoms with Crippen molar-refractivity contribution in [2.24, 2.45) is 0 Å². The molecule has 16 heteroatoms. The molecule has 0 saturated carbocycles. The Hall–Kier alpha value is -2.24. The van der Waals surface area contributed by atoms with E-state index in [-0.39, 0.29) is 23.6 Å². The number of rotatable bonds is 14. The number of nitrogens with zero attached hydrogens (tertiary/aromatic N) is 4. The molecular weight excluding hydrogens is 629 g/mol. The number of amides is 4. The van der Waals surface area contributed by atoms with Gasteiger partial charge in [-0.05, 0) is 25.7 Å². The fraction of sp³-hybridized carbons (Fsp3) is 0.417. The predicted molar refractivity (Wildman–Crippen MR) is 169 cm³/mol. The molecule has 4 heterocycles. The second-order valence-electron chi connectivity index (χ2n) is 8.70. The first-order valence-electron chi connectivity index (χ1n) is 12.5. The van der Waals surface area contributed by atoms with Gasteiger partial charge in [0.1, 0.15) is 8.64 Å². The molecule has 0 bridgehead atoms. The lowest BCUT2D eigenvalue weighted by Gasteiger charge is -2.14. The number of anilines is 2. The number of thiocarbonyl (C=S) groups is 2. The highest BCUT2D eigenvalue weighted by atomic mass is 32.2. The van der Waals surface area contributed by atoms with Gasteiger partial charge < -0.3 is 10.6 Å². The van der Waals surface area contributed by atoms with Gasteiger partial charge in [-0.25, -0.2) is 9.97 Å². The third kappa shape index (κ3) is 8.39. The summed E-state index contributed by atoms with van der Waals surface area (Å²) < 4.78 is 0.839. The molecule has 0 aromatic carbocycles. The van der Waals surface area contributed by atoms with Gasteiger partial charge in [-0.1, -0.05) is 60.8 Å². The van der Waals surface area contributed by atoms with Crippen LogP contribution in [0.4, 0.5) is 10.3 Å². The molecule has 40 heavy (non-hydrogen) atoms. The van der Waals surface area contributed by atoms with E-state index >= 15 is 0 Å². The van der Waals surface area contributed by atoms with Crippen molar-refractivity contribution in [3.8, 4) is 0 Å². The molecule has 0 spiro atoms. The molecule has 212 valence electrons. The lowest BCUT2D eigenvalue weighted by atomic mass is 10.2. The van der Waals surface area contributed by atoms with E-state index in [1.54, 1.807) is 23.2 Å². The van der Waals surface area contributed by atoms with Crippen LogP contribution in [0, 0.1) is 0 Å². The summed E-state index contributed by atoms with van der Waals surface area (Å²) in [5.41, 5.74) is 0. The van der Waals surface area contributed by atoms with Crippen LogP contribution in [0.5, 0.6) is 0 Å². The molecule has 2 N–H and O–H groups in total. The lowest BCUT2D eigenvalue weighted by molar-refractivity contribution is -0.124. The van der Waals surface area contributed by atoms with Crippen molar-refractivity contribution >= 4 is 113 Å². The molecule has 2 aromatic heterocycles. The third-order valence-electron chi connectivity index (χ3n) is 5.83. The zero-order valence-corrected chi connectivity index (χ0v) is 26.2. The minimum atomic E-state index is -0.275. The van der Waals surface area contributed by atoms with Crippen LogP contribution in [0.15, 0.2) is 33.0 Å². The van der Waals surface area contributed by atoms with E-state index < -0.39 is 0 Å². The fourth-order valence-electron chi connectivity index (χ4n) is 3.85. The molecule has 0 aliphatic carbocycles. The number of thiazole rings is 2. The summed E-state index contributed by atoms with van der Waals surface area (Å²) in [5, 5.41) is 10.3. The smallest absolute Gasteiger partial charge is 0.267 e. The van der Waals surface area contributed by atoms with Crippen LogP contribution in [-0.2, 0) is 19.2 Å². The van der Waals surface area contributed by atoms with Crippen LogP contribution in [0.1, 0.15) is 51.4 Å². The Bertz CT molecular complexity index is 1200. The summed E-state index contributed by atoms with van der Waals surface area (Å²) in [6, 6.07) is 0. The van der Waals surface area contributed by atoms with E-state index in [0.29, 0.717) is 80.3 Å². The van der Waals surface area contributed by atoms with Crippen molar-refractivity contribution < 1.29 is 19.2 Å². The van der Waals surface area contributed by atoms with Gasteiger partial charge >= 0.3 is 0 Å². The molecule has 4 amide bonds. The Morgan fingerprint density at radius 2 is 1.12 bits per heavy atom. The van der Waals surface area contributed by atoms with Crippen LogP contribution in [0.3, 0.4) is 0 Å². The van der Waals surface area contributed by atoms with E-state index in [2.05, 4.69) is 20.6 Å². The summed E-state index contributed by atoms with van der Waals surface area (Å²) in [4.78, 5) is 61.9. The number of nitrogens with one attached hydrogen (secondary N) is 2. The summed E-state index contributed by atoms with van der Waals surface area (Å²) in [6.45, 7) is 0.859. The van der Waals surface area contributed by atoms with Crippen LogP contribution < -0.4 is 10.6 Å². The lowest BCUT2D eigenvalue weighted by Crippen LogP contribution is -2.31. The van der Waals surface area contributed by atoms with Crippen LogP contribution in [-0.4, -0.2) is 65.1 Å². The predicted octanol–water partition coefficient (Wildman–Crippen LogP) is 5.23. The van der Waals surface area contributed by atoms with Crippen molar-refractivity contribution in [1.82, 2.24) is 19.8 Å². The van der Waals surface area contributed by atoms with Crippen molar-refractivity contribution in [3.05, 3.63) is 33.0 Å². The Balaban J connectivity index is 1.18. The Kier molecular flexibility index (Phi) is 11.6. The van der Waals surface area contributed by atoms with Crippen LogP contribution in [0.25, 0.3) is 0 Å². The molecule has 2 aromatic rings. The number of aromatic nitrogens is 2. The number of carbonyl (C=O) groups excluding carboxylic acids is 4. The summed E-state index contributed by atoms with van der Waals surface area (Å²) in [5.74, 6) is -0.717. The topological polar surface area (TPSA) is 125 Å². The zero-order chi connectivity index (χ0) is 28.5. The van der Waals surface area contributed by atoms with Crippen molar-refractivity contribution in [2.75, 3.05) is 23.7 Å². The second kappa shape index (κ2) is 15.1. The zero-order valence-electron chi connectivity index (χ0n) is 21.3. The normalized spacial score (nSPS) is 17.3. The van der Waals surface area contributed by atoms with Gasteiger partial charge in [0, 0.05) is 49.1 Å². The molecule has 2 saturated heterocycles. The Labute approximate surface area is 258 Å². The first kappa shape index (κ1) is 30.7. The van der Waals surface area contributed by atoms with E-state index in [9.17, 15) is 19.2 Å². The number of carbonyl (C=O) groups is 4. The minimum absolute atomic E-state index is 0.0835. The van der Waals surface area contributed by atoms with E-state index in [1.165, 1.54) is 32.5 Å². The molecule has 2 fully saturated rings. The summed E-state index contributed by atoms with van der Waals surface area (Å²) in [7, 11) is 0. The first-order chi connectivity index (χ1) is 19.3. The van der Waals surface area contributed by atoms with Crippen LogP contribution in [0.2, 0.25) is 0 Å². The van der Waals surface area contributed by atoms with Gasteiger partial charge in [0.2, 0.25) is 11.8 Å². The van der Waals surface area contributed by atoms with Crippen molar-refractivity contribution in [1.29, 1.82) is 0 Å². The molecule has 0 atom stereocenters. The second-order valence-corrected chi connectivity index (χ2v) is 13.8. The molecule has 2 aliphatic heterocycles. The molecule has 4 rings (SSSR count). The van der Waals surface area contributed by atoms with Gasteiger partial charge in [-0.15, -0.1) is 22.7 Å². The van der Waals surface area contributed by atoms with Gasteiger partial charge in [0.15, 0.2) is 10.3 Å². The van der Waals surface area contributed by atoms with E-state index in [0.717, 1.165) is 36.4 Å². The van der Waals surface area contributed by atoms with Gasteiger partial charge in [0.05, 0.1) is 9.81 Å². The maximum absolute atomic E-state index is 13.1. The maximum Gasteiger partial charge on any atom is 0.267 e. The van der Waals surface area contributed by atoms with Gasteiger partial charge in [-0.2, -0.15) is 0 Å². The van der Waals surface area contributed by atoms with Gasteiger partial charge in [0.25, 0.3) is 11.8 Å². The highest BCUT2D eigenvalue weighted by Gasteiger charge is 2.41. The SMILES string of the molecule is O=C(CCCCCN1C(=O)C(=C2SC(=S)N(CCCCCC(=O)Nc3nccs3)C2=O)SC1=S)Nc1nccs1. The number of unbranched alkanes of at least 4 members (excludes halogenated alkanes) is 4. The standard InChI is InChI=1S/C24H26N6O4S6/c31-15(27-21-25-9-13-37-21)7-3-1-5-11-29-19(33)17(39-23(29)35)18-20(34)30(24(36)40-18)12-6-2-4-8-16(32)28-22-26-10-14-38-22/h9-10,13-14H,1-8,11-12H2,(H,25,27,31)(H,26,28,32). The van der Waals surface area contributed by atoms with Gasteiger partial charge in [-0.3, -0.25) is 29.0 Å². The third-order valence-corrected chi connectivity index (χ3v) is 10.2. The summed E-state index contributed by atoms with van der Waals surface area (Å²) >= 11 is 15.9. The average molecular weight is 655 g/mol. The van der Waals surface area contributed by atoms with E-state index in [4.69, 9.17) is 24.4 Å². The molecule has 10 nitrogen and oxygen atoms in total. The molecule has 0 radical (unpaired) electrons. The highest BCUT2D eigenvalue weighted by molar-refractivity contribution is 8.29. The van der Waals surface area contributed by atoms with E-state index in [1.807, 2.05) is 0 Å². The van der Waals surface area contributed by atoms with Crippen molar-refractivity contribution in [2.45, 2.75) is 51.4 Å². The largest absolute Gasteiger partial charge is 0.302 e. The summed E-state index contributed by atoms with van der Waals surface area (Å²) in [6.07, 6.45) is 8.27. The maximum atomic E-state index is 13.1. The number of hydrogen-bond donors (Lipinski definition) is 2. The molecule has 2 aliphatic rings. The quantitative estimate of drug-likeness (QED) is 0.159. The Morgan fingerprint density at radius 1 is 0.700 bits per heavy atom. The first-order valence-corrected chi connectivity index (χ1v) is 16.7. The molecular formula is C24H26N6O4S6. The Morgan fingerprint density at radius 3 is 1.50 bits per heavy atom. The van der Waals surface area contributed by atoms with Crippen LogP contribution >= 0.6 is 70.6 Å². The highest BCUT2D eigenvalue weighted by Crippen LogP contribution is 2.42. The van der Waals surface area contributed by atoms with Crippen molar-refractivity contribution in [3.63, 3.8) is 0 Å².